The summed E-state index contributed by atoms with van der Waals surface area (Å²) in [6.07, 6.45) is 1.67. The van der Waals surface area contributed by atoms with E-state index in [1.165, 1.54) is 6.92 Å². The minimum Gasteiger partial charge on any atom is -0.480 e. The van der Waals surface area contributed by atoms with E-state index in [4.69, 9.17) is 16.6 Å². The van der Waals surface area contributed by atoms with Gasteiger partial charge in [0.2, 0.25) is 17.7 Å². The van der Waals surface area contributed by atoms with Crippen LogP contribution in [-0.2, 0) is 19.2 Å². The van der Waals surface area contributed by atoms with Crippen molar-refractivity contribution in [3.05, 3.63) is 0 Å². The Morgan fingerprint density at radius 1 is 1.04 bits per heavy atom. The summed E-state index contributed by atoms with van der Waals surface area (Å²) in [6.45, 7) is 1.09. The Bertz CT molecular complexity index is 429. The molecule has 0 heterocycles. The first-order valence-corrected chi connectivity index (χ1v) is 7.31. The fraction of sp³-hybridized carbons (Fsp3) is 0.692. The van der Waals surface area contributed by atoms with E-state index in [1.807, 2.05) is 0 Å². The van der Waals surface area contributed by atoms with Crippen LogP contribution in [0.4, 0.5) is 0 Å². The lowest BCUT2D eigenvalue weighted by Gasteiger charge is -2.20. The van der Waals surface area contributed by atoms with Gasteiger partial charge in [-0.3, -0.25) is 19.2 Å². The normalized spacial score (nSPS) is 12.8. The minimum atomic E-state index is -1.19. The lowest BCUT2D eigenvalue weighted by atomic mass is 10.1. The predicted octanol–water partition coefficient (Wildman–Crippen LogP) is -2.74. The lowest BCUT2D eigenvalue weighted by molar-refractivity contribution is -0.138. The van der Waals surface area contributed by atoms with Crippen molar-refractivity contribution in [3.63, 3.8) is 0 Å². The molecule has 0 aliphatic heterocycles. The smallest absolute Gasteiger partial charge is 0.322 e. The Hall–Kier alpha value is -2.20. The minimum absolute atomic E-state index is 0.255. The summed E-state index contributed by atoms with van der Waals surface area (Å²) in [7, 11) is 0. The quantitative estimate of drug-likeness (QED) is 0.222. The molecule has 10 nitrogen and oxygen atoms in total. The van der Waals surface area contributed by atoms with Gasteiger partial charge in [0.25, 0.3) is 0 Å². The van der Waals surface area contributed by atoms with Crippen LogP contribution in [-0.4, -0.2) is 60.5 Å². The highest BCUT2D eigenvalue weighted by atomic mass is 16.4. The second-order valence-corrected chi connectivity index (χ2v) is 4.95. The molecule has 0 aliphatic carbocycles. The number of carbonyl (C=O) groups is 4. The van der Waals surface area contributed by atoms with Crippen molar-refractivity contribution < 1.29 is 24.3 Å². The Morgan fingerprint density at radius 2 is 1.70 bits per heavy atom. The van der Waals surface area contributed by atoms with Crippen LogP contribution in [0.25, 0.3) is 0 Å². The molecule has 0 fully saturated rings. The van der Waals surface area contributed by atoms with E-state index >= 15 is 0 Å². The molecule has 0 rings (SSSR count). The summed E-state index contributed by atoms with van der Waals surface area (Å²) in [5, 5.41) is 15.5. The molecule has 23 heavy (non-hydrogen) atoms. The molecule has 0 saturated carbocycles. The summed E-state index contributed by atoms with van der Waals surface area (Å²) in [4.78, 5) is 45.5. The van der Waals surface area contributed by atoms with Gasteiger partial charge >= 0.3 is 5.97 Å². The maximum Gasteiger partial charge on any atom is 0.322 e. The molecule has 0 aromatic heterocycles. The van der Waals surface area contributed by atoms with Gasteiger partial charge < -0.3 is 32.5 Å². The molecule has 0 aliphatic rings. The molecule has 132 valence electrons. The third-order valence-corrected chi connectivity index (χ3v) is 2.95. The van der Waals surface area contributed by atoms with E-state index in [0.717, 1.165) is 0 Å². The van der Waals surface area contributed by atoms with Crippen molar-refractivity contribution in [3.8, 4) is 0 Å². The number of hydrogen-bond acceptors (Lipinski definition) is 6. The van der Waals surface area contributed by atoms with Crippen LogP contribution in [0.3, 0.4) is 0 Å². The van der Waals surface area contributed by atoms with Gasteiger partial charge in [0.1, 0.15) is 18.6 Å². The topological polar surface area (TPSA) is 177 Å². The zero-order valence-electron chi connectivity index (χ0n) is 13.1. The van der Waals surface area contributed by atoms with E-state index in [0.29, 0.717) is 25.8 Å². The van der Waals surface area contributed by atoms with E-state index in [2.05, 4.69) is 16.0 Å². The highest BCUT2D eigenvalue weighted by Gasteiger charge is 2.23. The molecule has 8 N–H and O–H groups in total. The van der Waals surface area contributed by atoms with Crippen molar-refractivity contribution in [2.75, 3.05) is 19.6 Å². The number of carboxylic acid groups (broad SMARTS) is 1. The summed E-state index contributed by atoms with van der Waals surface area (Å²) < 4.78 is 0. The fourth-order valence-electron chi connectivity index (χ4n) is 1.71. The summed E-state index contributed by atoms with van der Waals surface area (Å²) in [6, 6.07) is -1.76. The summed E-state index contributed by atoms with van der Waals surface area (Å²) in [5.41, 5.74) is 10.6. The zero-order valence-corrected chi connectivity index (χ0v) is 13.1. The van der Waals surface area contributed by atoms with Gasteiger partial charge in [-0.1, -0.05) is 0 Å². The van der Waals surface area contributed by atoms with E-state index in [1.54, 1.807) is 0 Å². The van der Waals surface area contributed by atoms with Gasteiger partial charge in [0.05, 0.1) is 6.54 Å². The molecule has 0 saturated heterocycles. The molecule has 0 aromatic carbocycles. The fourth-order valence-corrected chi connectivity index (χ4v) is 1.71. The number of rotatable bonds is 11. The molecule has 10 heteroatoms. The number of carbonyl (C=O) groups excluding carboxylic acids is 3. The standard InChI is InChI=1S/C13H25N5O5/c1-8(12(22)16-7-11(20)21)17-13(23)9(4-2-3-5-14)18-10(19)6-15/h8-9H,2-7,14-15H2,1H3,(H,16,22)(H,17,23)(H,18,19)(H,20,21). The van der Waals surface area contributed by atoms with Gasteiger partial charge in [0, 0.05) is 0 Å². The number of amides is 3. The lowest BCUT2D eigenvalue weighted by Crippen LogP contribution is -2.53. The second-order valence-electron chi connectivity index (χ2n) is 4.95. The Morgan fingerprint density at radius 3 is 2.22 bits per heavy atom. The van der Waals surface area contributed by atoms with Crippen molar-refractivity contribution in [1.82, 2.24) is 16.0 Å². The average Bonchev–Trinajstić information content (AvgIpc) is 2.51. The van der Waals surface area contributed by atoms with Crippen molar-refractivity contribution in [1.29, 1.82) is 0 Å². The van der Waals surface area contributed by atoms with E-state index in [-0.39, 0.29) is 6.54 Å². The Balaban J connectivity index is 4.57. The van der Waals surface area contributed by atoms with Crippen LogP contribution in [0.1, 0.15) is 26.2 Å². The molecule has 3 amide bonds. The largest absolute Gasteiger partial charge is 0.480 e. The van der Waals surface area contributed by atoms with E-state index < -0.39 is 42.3 Å². The Labute approximate surface area is 134 Å². The highest BCUT2D eigenvalue weighted by Crippen LogP contribution is 2.01. The summed E-state index contributed by atoms with van der Waals surface area (Å²) >= 11 is 0. The number of carboxylic acids is 1. The second kappa shape index (κ2) is 11.4. The predicted molar refractivity (Wildman–Crippen MR) is 82.1 cm³/mol. The molecular weight excluding hydrogens is 306 g/mol. The number of aliphatic carboxylic acids is 1. The highest BCUT2D eigenvalue weighted by molar-refractivity contribution is 5.92. The molecular formula is C13H25N5O5. The zero-order chi connectivity index (χ0) is 17.8. The van der Waals surface area contributed by atoms with Gasteiger partial charge in [0.15, 0.2) is 0 Å². The average molecular weight is 331 g/mol. The van der Waals surface area contributed by atoms with Crippen LogP contribution < -0.4 is 27.4 Å². The molecule has 0 bridgehead atoms. The Kier molecular flexibility index (Phi) is 10.3. The maximum absolute atomic E-state index is 12.1. The first-order chi connectivity index (χ1) is 10.8. The molecule has 0 spiro atoms. The third kappa shape index (κ3) is 9.42. The number of unbranched alkanes of at least 4 members (excludes halogenated alkanes) is 1. The molecule has 0 radical (unpaired) electrons. The van der Waals surface area contributed by atoms with Crippen LogP contribution in [0.5, 0.6) is 0 Å². The van der Waals surface area contributed by atoms with Gasteiger partial charge in [-0.25, -0.2) is 0 Å². The molecule has 2 unspecified atom stereocenters. The van der Waals surface area contributed by atoms with E-state index in [9.17, 15) is 19.2 Å². The van der Waals surface area contributed by atoms with Gasteiger partial charge in [-0.05, 0) is 32.7 Å². The van der Waals surface area contributed by atoms with Crippen LogP contribution in [0, 0.1) is 0 Å². The SMILES string of the molecule is CC(NC(=O)C(CCCCN)NC(=O)CN)C(=O)NCC(=O)O. The first kappa shape index (κ1) is 20.8. The number of nitrogens with two attached hydrogens (primary N) is 2. The van der Waals surface area contributed by atoms with Crippen LogP contribution in [0.15, 0.2) is 0 Å². The monoisotopic (exact) mass is 331 g/mol. The number of nitrogens with one attached hydrogen (secondary N) is 3. The maximum atomic E-state index is 12.1. The van der Waals surface area contributed by atoms with Gasteiger partial charge in [-0.2, -0.15) is 0 Å². The summed E-state index contributed by atoms with van der Waals surface area (Å²) in [5.74, 6) is -2.85. The van der Waals surface area contributed by atoms with Gasteiger partial charge in [-0.15, -0.1) is 0 Å². The van der Waals surface area contributed by atoms with Crippen molar-refractivity contribution in [2.45, 2.75) is 38.3 Å². The van der Waals surface area contributed by atoms with Crippen molar-refractivity contribution >= 4 is 23.7 Å². The van der Waals surface area contributed by atoms with Crippen molar-refractivity contribution in [2.24, 2.45) is 11.5 Å². The third-order valence-electron chi connectivity index (χ3n) is 2.95. The first-order valence-electron chi connectivity index (χ1n) is 7.31. The molecule has 0 aromatic rings. The van der Waals surface area contributed by atoms with Crippen LogP contribution >= 0.6 is 0 Å². The molecule has 2 atom stereocenters. The van der Waals surface area contributed by atoms with Crippen LogP contribution in [0.2, 0.25) is 0 Å². The number of hydrogen-bond donors (Lipinski definition) is 6.